The van der Waals surface area contributed by atoms with Crippen molar-refractivity contribution >= 4 is 11.6 Å². The van der Waals surface area contributed by atoms with Crippen molar-refractivity contribution in [1.82, 2.24) is 0 Å². The maximum Gasteiger partial charge on any atom is 0.161 e. The summed E-state index contributed by atoms with van der Waals surface area (Å²) in [6.07, 6.45) is 0.749. The van der Waals surface area contributed by atoms with Crippen LogP contribution in [0.15, 0.2) is 42.5 Å². The Morgan fingerprint density at radius 3 is 2.76 bits per heavy atom. The van der Waals surface area contributed by atoms with E-state index in [4.69, 9.17) is 25.8 Å². The summed E-state index contributed by atoms with van der Waals surface area (Å²) in [4.78, 5) is 0. The lowest BCUT2D eigenvalue weighted by atomic mass is 10.0. The van der Waals surface area contributed by atoms with E-state index in [2.05, 4.69) is 6.07 Å². The molecule has 21 heavy (non-hydrogen) atoms. The van der Waals surface area contributed by atoms with E-state index in [0.29, 0.717) is 6.61 Å². The molecule has 2 aliphatic heterocycles. The molecule has 0 N–H and O–H groups in total. The highest BCUT2D eigenvalue weighted by molar-refractivity contribution is 6.21. The van der Waals surface area contributed by atoms with Crippen molar-refractivity contribution in [3.8, 4) is 17.2 Å². The van der Waals surface area contributed by atoms with Gasteiger partial charge in [0.05, 0.1) is 12.0 Å². The highest BCUT2D eigenvalue weighted by atomic mass is 35.5. The molecule has 0 aromatic heterocycles. The van der Waals surface area contributed by atoms with E-state index >= 15 is 0 Å². The van der Waals surface area contributed by atoms with E-state index < -0.39 is 0 Å². The van der Waals surface area contributed by atoms with Crippen molar-refractivity contribution in [2.45, 2.75) is 17.9 Å². The third-order valence-corrected chi connectivity index (χ3v) is 4.42. The average molecular weight is 303 g/mol. The number of benzene rings is 2. The first-order valence-corrected chi connectivity index (χ1v) is 7.53. The molecule has 0 spiro atoms. The Bertz CT molecular complexity index is 671. The average Bonchev–Trinajstić information content (AvgIpc) is 3.01. The van der Waals surface area contributed by atoms with Crippen LogP contribution in [0.3, 0.4) is 0 Å². The monoisotopic (exact) mass is 302 g/mol. The lowest BCUT2D eigenvalue weighted by Gasteiger charge is -2.29. The SMILES string of the molecule is ClC(c1ccc2c(c1)CCO2)C1COc2ccccc2O1. The van der Waals surface area contributed by atoms with Gasteiger partial charge in [0.15, 0.2) is 17.6 Å². The molecule has 2 aromatic carbocycles. The van der Waals surface area contributed by atoms with E-state index in [9.17, 15) is 0 Å². The van der Waals surface area contributed by atoms with E-state index in [0.717, 1.165) is 35.8 Å². The summed E-state index contributed by atoms with van der Waals surface area (Å²) in [5, 5.41) is -0.246. The number of alkyl halides is 1. The quantitative estimate of drug-likeness (QED) is 0.791. The molecule has 0 aliphatic carbocycles. The molecule has 0 amide bonds. The summed E-state index contributed by atoms with van der Waals surface area (Å²) in [7, 11) is 0. The normalized spacial score (nSPS) is 20.5. The molecule has 108 valence electrons. The standard InChI is InChI=1S/C17H15ClO3/c18-17(12-5-6-13-11(9-12)7-8-19-13)16-10-20-14-3-1-2-4-15(14)21-16/h1-6,9,16-17H,7-8,10H2. The van der Waals surface area contributed by atoms with Gasteiger partial charge in [0, 0.05) is 6.42 Å². The van der Waals surface area contributed by atoms with Gasteiger partial charge in [0.1, 0.15) is 12.4 Å². The molecule has 2 aliphatic rings. The number of ether oxygens (including phenoxy) is 3. The summed E-state index contributed by atoms with van der Waals surface area (Å²) in [5.41, 5.74) is 2.27. The van der Waals surface area contributed by atoms with Gasteiger partial charge in [-0.2, -0.15) is 0 Å². The molecule has 2 unspecified atom stereocenters. The van der Waals surface area contributed by atoms with Gasteiger partial charge >= 0.3 is 0 Å². The van der Waals surface area contributed by atoms with E-state index in [1.807, 2.05) is 36.4 Å². The van der Waals surface area contributed by atoms with Crippen LogP contribution in [-0.4, -0.2) is 19.3 Å². The molecule has 2 heterocycles. The van der Waals surface area contributed by atoms with Gasteiger partial charge in [-0.3, -0.25) is 0 Å². The highest BCUT2D eigenvalue weighted by Crippen LogP contribution is 2.38. The van der Waals surface area contributed by atoms with Gasteiger partial charge in [-0.1, -0.05) is 24.3 Å². The number of fused-ring (bicyclic) bond motifs is 2. The minimum absolute atomic E-state index is 0.193. The Hall–Kier alpha value is -1.87. The van der Waals surface area contributed by atoms with E-state index in [-0.39, 0.29) is 11.5 Å². The van der Waals surface area contributed by atoms with E-state index in [1.54, 1.807) is 0 Å². The van der Waals surface area contributed by atoms with Crippen LogP contribution in [0, 0.1) is 0 Å². The van der Waals surface area contributed by atoms with E-state index in [1.165, 1.54) is 5.56 Å². The number of para-hydroxylation sites is 2. The lowest BCUT2D eigenvalue weighted by molar-refractivity contribution is 0.0877. The molecular formula is C17H15ClO3. The summed E-state index contributed by atoms with van der Waals surface area (Å²) in [6, 6.07) is 13.8. The summed E-state index contributed by atoms with van der Waals surface area (Å²) in [5.74, 6) is 2.50. The van der Waals surface area contributed by atoms with Crippen LogP contribution in [0.25, 0.3) is 0 Å². The fourth-order valence-corrected chi connectivity index (χ4v) is 3.03. The zero-order valence-electron chi connectivity index (χ0n) is 11.4. The third-order valence-electron chi connectivity index (χ3n) is 3.89. The molecule has 0 saturated carbocycles. The predicted octanol–water partition coefficient (Wildman–Crippen LogP) is 3.74. The molecule has 0 radical (unpaired) electrons. The zero-order valence-corrected chi connectivity index (χ0v) is 12.2. The zero-order chi connectivity index (χ0) is 14.2. The minimum atomic E-state index is -0.246. The molecule has 2 atom stereocenters. The molecule has 4 heteroatoms. The number of hydrogen-bond acceptors (Lipinski definition) is 3. The first-order valence-electron chi connectivity index (χ1n) is 7.09. The molecule has 4 rings (SSSR count). The molecule has 2 aromatic rings. The maximum absolute atomic E-state index is 6.61. The predicted molar refractivity (Wildman–Crippen MR) is 80.6 cm³/mol. The van der Waals surface area contributed by atoms with Crippen LogP contribution in [0.5, 0.6) is 17.2 Å². The van der Waals surface area contributed by atoms with Crippen LogP contribution >= 0.6 is 11.6 Å². The molecule has 0 fully saturated rings. The Morgan fingerprint density at radius 1 is 1.00 bits per heavy atom. The van der Waals surface area contributed by atoms with Crippen molar-refractivity contribution in [3.63, 3.8) is 0 Å². The second-order valence-electron chi connectivity index (χ2n) is 5.28. The fourth-order valence-electron chi connectivity index (χ4n) is 2.77. The van der Waals surface area contributed by atoms with Crippen LogP contribution in [0.1, 0.15) is 16.5 Å². The number of rotatable bonds is 2. The first kappa shape index (κ1) is 12.8. The van der Waals surface area contributed by atoms with Crippen molar-refractivity contribution in [1.29, 1.82) is 0 Å². The molecule has 0 bridgehead atoms. The third kappa shape index (κ3) is 2.32. The van der Waals surface area contributed by atoms with Crippen molar-refractivity contribution in [3.05, 3.63) is 53.6 Å². The Balaban J connectivity index is 1.57. The van der Waals surface area contributed by atoms with Gasteiger partial charge < -0.3 is 14.2 Å². The van der Waals surface area contributed by atoms with Crippen molar-refractivity contribution < 1.29 is 14.2 Å². The molecular weight excluding hydrogens is 288 g/mol. The second-order valence-corrected chi connectivity index (χ2v) is 5.75. The second kappa shape index (κ2) is 5.15. The van der Waals surface area contributed by atoms with Gasteiger partial charge in [0.2, 0.25) is 0 Å². The summed E-state index contributed by atoms with van der Waals surface area (Å²) >= 11 is 6.61. The van der Waals surface area contributed by atoms with Gasteiger partial charge in [-0.25, -0.2) is 0 Å². The van der Waals surface area contributed by atoms with Crippen molar-refractivity contribution in [2.24, 2.45) is 0 Å². The van der Waals surface area contributed by atoms with Crippen LogP contribution in [0.2, 0.25) is 0 Å². The van der Waals surface area contributed by atoms with Gasteiger partial charge in [0.25, 0.3) is 0 Å². The molecule has 0 saturated heterocycles. The van der Waals surface area contributed by atoms with Crippen LogP contribution in [0.4, 0.5) is 0 Å². The Labute approximate surface area is 128 Å². The first-order chi connectivity index (χ1) is 10.3. The van der Waals surface area contributed by atoms with Crippen LogP contribution < -0.4 is 14.2 Å². The van der Waals surface area contributed by atoms with Gasteiger partial charge in [-0.05, 0) is 29.3 Å². The van der Waals surface area contributed by atoms with Gasteiger partial charge in [-0.15, -0.1) is 11.6 Å². The maximum atomic E-state index is 6.61. The fraction of sp³-hybridized carbons (Fsp3) is 0.294. The lowest BCUT2D eigenvalue weighted by Crippen LogP contribution is -2.32. The summed E-state index contributed by atoms with van der Waals surface area (Å²) in [6.45, 7) is 1.21. The topological polar surface area (TPSA) is 27.7 Å². The number of halogens is 1. The summed E-state index contributed by atoms with van der Waals surface area (Å²) < 4.78 is 17.2. The molecule has 3 nitrogen and oxygen atoms in total. The Morgan fingerprint density at radius 2 is 1.86 bits per heavy atom. The van der Waals surface area contributed by atoms with Crippen LogP contribution in [-0.2, 0) is 6.42 Å². The Kier molecular flexibility index (Phi) is 3.15. The smallest absolute Gasteiger partial charge is 0.161 e. The largest absolute Gasteiger partial charge is 0.493 e. The number of hydrogen-bond donors (Lipinski definition) is 0. The minimum Gasteiger partial charge on any atom is -0.493 e. The van der Waals surface area contributed by atoms with Crippen molar-refractivity contribution in [2.75, 3.05) is 13.2 Å². The highest BCUT2D eigenvalue weighted by Gasteiger charge is 2.29.